The van der Waals surface area contributed by atoms with Gasteiger partial charge >= 0.3 is 18.0 Å². The Balaban J connectivity index is 2.53. The van der Waals surface area contributed by atoms with E-state index < -0.39 is 41.0 Å². The number of likely N-dealkylation sites (tertiary alicyclic amines) is 2. The molecule has 2 saturated heterocycles. The first-order valence-corrected chi connectivity index (χ1v) is 9.15. The summed E-state index contributed by atoms with van der Waals surface area (Å²) in [7, 11) is 1.89. The molecule has 0 aromatic rings. The summed E-state index contributed by atoms with van der Waals surface area (Å²) < 4.78 is 5.45. The van der Waals surface area contributed by atoms with Crippen molar-refractivity contribution in [1.82, 2.24) is 9.80 Å². The van der Waals surface area contributed by atoms with Crippen LogP contribution in [0.15, 0.2) is 0 Å². The van der Waals surface area contributed by atoms with E-state index in [1.807, 2.05) is 11.9 Å². The molecule has 0 aromatic carbocycles. The molecular formula is C18H30N2O6. The van der Waals surface area contributed by atoms with Crippen molar-refractivity contribution in [2.24, 2.45) is 11.8 Å². The van der Waals surface area contributed by atoms with Gasteiger partial charge in [-0.3, -0.25) is 9.69 Å². The third-order valence-electron chi connectivity index (χ3n) is 5.35. The minimum atomic E-state index is -1.79. The van der Waals surface area contributed by atoms with Crippen molar-refractivity contribution >= 4 is 18.0 Å². The van der Waals surface area contributed by atoms with E-state index in [0.29, 0.717) is 19.4 Å². The number of ether oxygens (including phenoxy) is 1. The highest BCUT2D eigenvalue weighted by atomic mass is 16.6. The van der Waals surface area contributed by atoms with Crippen LogP contribution in [-0.4, -0.2) is 75.9 Å². The molecule has 0 bridgehead atoms. The fourth-order valence-electron chi connectivity index (χ4n) is 4.39. The maximum atomic E-state index is 12.9. The van der Waals surface area contributed by atoms with Gasteiger partial charge in [-0.05, 0) is 60.0 Å². The number of rotatable bonds is 3. The van der Waals surface area contributed by atoms with Crippen molar-refractivity contribution in [3.05, 3.63) is 0 Å². The van der Waals surface area contributed by atoms with Gasteiger partial charge in [0, 0.05) is 19.0 Å². The van der Waals surface area contributed by atoms with Crippen molar-refractivity contribution in [2.45, 2.75) is 57.6 Å². The van der Waals surface area contributed by atoms with Crippen LogP contribution in [0, 0.1) is 11.8 Å². The van der Waals surface area contributed by atoms with Gasteiger partial charge in [0.15, 0.2) is 5.54 Å². The molecule has 0 radical (unpaired) electrons. The van der Waals surface area contributed by atoms with Crippen LogP contribution in [-0.2, 0) is 14.3 Å². The zero-order chi connectivity index (χ0) is 19.7. The monoisotopic (exact) mass is 370 g/mol. The van der Waals surface area contributed by atoms with Crippen LogP contribution in [0.1, 0.15) is 46.5 Å². The fourth-order valence-corrected chi connectivity index (χ4v) is 4.39. The highest BCUT2D eigenvalue weighted by Gasteiger charge is 2.62. The van der Waals surface area contributed by atoms with Gasteiger partial charge in [-0.2, -0.15) is 0 Å². The summed E-state index contributed by atoms with van der Waals surface area (Å²) in [6.07, 6.45) is 1.26. The summed E-state index contributed by atoms with van der Waals surface area (Å²) in [6.45, 7) is 6.58. The van der Waals surface area contributed by atoms with E-state index >= 15 is 0 Å². The molecule has 3 unspecified atom stereocenters. The molecule has 1 amide bonds. The summed E-state index contributed by atoms with van der Waals surface area (Å²) in [4.78, 5) is 40.6. The molecule has 2 aliphatic rings. The first kappa shape index (κ1) is 20.5. The summed E-state index contributed by atoms with van der Waals surface area (Å²) in [5.74, 6) is -4.05. The Labute approximate surface area is 154 Å². The van der Waals surface area contributed by atoms with Gasteiger partial charge in [0.1, 0.15) is 5.60 Å². The van der Waals surface area contributed by atoms with Crippen LogP contribution >= 0.6 is 0 Å². The Bertz CT molecular complexity index is 573. The number of carbonyl (C=O) groups excluding carboxylic acids is 1. The van der Waals surface area contributed by atoms with E-state index in [1.165, 1.54) is 4.90 Å². The van der Waals surface area contributed by atoms with Crippen molar-refractivity contribution < 1.29 is 29.3 Å². The van der Waals surface area contributed by atoms with Crippen molar-refractivity contribution in [2.75, 3.05) is 26.7 Å². The molecule has 2 fully saturated rings. The zero-order valence-corrected chi connectivity index (χ0v) is 16.0. The second-order valence-corrected chi connectivity index (χ2v) is 8.40. The Kier molecular flexibility index (Phi) is 5.85. The molecule has 2 rings (SSSR count). The molecule has 0 aliphatic carbocycles. The number of aliphatic carboxylic acids is 2. The van der Waals surface area contributed by atoms with Gasteiger partial charge in [0.05, 0.1) is 5.92 Å². The Morgan fingerprint density at radius 1 is 1.08 bits per heavy atom. The topological polar surface area (TPSA) is 107 Å². The molecule has 8 nitrogen and oxygen atoms in total. The third kappa shape index (κ3) is 3.79. The molecule has 2 heterocycles. The van der Waals surface area contributed by atoms with Gasteiger partial charge < -0.3 is 19.8 Å². The van der Waals surface area contributed by atoms with Gasteiger partial charge in [-0.1, -0.05) is 0 Å². The minimum Gasteiger partial charge on any atom is -0.481 e. The standard InChI is InChI=1S/C18H30N2O6/c1-17(2,3)26-16(25)20-10-6-8-13(14(21)22)18(20,15(23)24)12-7-5-9-19(4)11-12/h12-13H,5-11H2,1-4H3,(H,21,22)(H,23,24). The van der Waals surface area contributed by atoms with E-state index in [1.54, 1.807) is 20.8 Å². The number of hydrogen-bond acceptors (Lipinski definition) is 5. The quantitative estimate of drug-likeness (QED) is 0.781. The van der Waals surface area contributed by atoms with Gasteiger partial charge in [-0.15, -0.1) is 0 Å². The lowest BCUT2D eigenvalue weighted by molar-refractivity contribution is -0.177. The lowest BCUT2D eigenvalue weighted by Gasteiger charge is -2.53. The minimum absolute atomic E-state index is 0.186. The van der Waals surface area contributed by atoms with Crippen LogP contribution in [0.2, 0.25) is 0 Å². The first-order chi connectivity index (χ1) is 12.0. The number of carbonyl (C=O) groups is 3. The molecule has 2 N–H and O–H groups in total. The Morgan fingerprint density at radius 3 is 2.19 bits per heavy atom. The molecule has 2 aliphatic heterocycles. The first-order valence-electron chi connectivity index (χ1n) is 9.15. The predicted molar refractivity (Wildman–Crippen MR) is 93.9 cm³/mol. The Hall–Kier alpha value is -1.83. The van der Waals surface area contributed by atoms with Gasteiger partial charge in [-0.25, -0.2) is 9.59 Å². The average molecular weight is 370 g/mol. The maximum absolute atomic E-state index is 12.9. The summed E-state index contributed by atoms with van der Waals surface area (Å²) in [6, 6.07) is 0. The molecule has 8 heteroatoms. The van der Waals surface area contributed by atoms with Gasteiger partial charge in [0.2, 0.25) is 0 Å². The smallest absolute Gasteiger partial charge is 0.411 e. The molecule has 3 atom stereocenters. The summed E-state index contributed by atoms with van der Waals surface area (Å²) in [5, 5.41) is 20.0. The summed E-state index contributed by atoms with van der Waals surface area (Å²) >= 11 is 0. The molecular weight excluding hydrogens is 340 g/mol. The molecule has 0 saturated carbocycles. The number of amides is 1. The van der Waals surface area contributed by atoms with Crippen molar-refractivity contribution in [3.8, 4) is 0 Å². The second-order valence-electron chi connectivity index (χ2n) is 8.40. The van der Waals surface area contributed by atoms with E-state index in [0.717, 1.165) is 13.0 Å². The van der Waals surface area contributed by atoms with Crippen molar-refractivity contribution in [1.29, 1.82) is 0 Å². The van der Waals surface area contributed by atoms with E-state index in [-0.39, 0.29) is 13.0 Å². The Morgan fingerprint density at radius 2 is 1.69 bits per heavy atom. The van der Waals surface area contributed by atoms with E-state index in [4.69, 9.17) is 4.74 Å². The van der Waals surface area contributed by atoms with Crippen molar-refractivity contribution in [3.63, 3.8) is 0 Å². The number of hydrogen-bond donors (Lipinski definition) is 2. The second kappa shape index (κ2) is 7.42. The average Bonchev–Trinajstić information content (AvgIpc) is 2.51. The number of carboxylic acids is 2. The normalized spacial score (nSPS) is 30.7. The van der Waals surface area contributed by atoms with Crippen LogP contribution in [0.3, 0.4) is 0 Å². The highest BCUT2D eigenvalue weighted by molar-refractivity contribution is 5.91. The molecule has 0 spiro atoms. The molecule has 26 heavy (non-hydrogen) atoms. The maximum Gasteiger partial charge on any atom is 0.411 e. The zero-order valence-electron chi connectivity index (χ0n) is 16.0. The number of piperidine rings is 2. The number of nitrogens with zero attached hydrogens (tertiary/aromatic N) is 2. The van der Waals surface area contributed by atoms with Crippen LogP contribution in [0.5, 0.6) is 0 Å². The largest absolute Gasteiger partial charge is 0.481 e. The van der Waals surface area contributed by atoms with Crippen LogP contribution in [0.4, 0.5) is 4.79 Å². The van der Waals surface area contributed by atoms with E-state index in [9.17, 15) is 24.6 Å². The van der Waals surface area contributed by atoms with Crippen LogP contribution in [0.25, 0.3) is 0 Å². The lowest BCUT2D eigenvalue weighted by atomic mass is 9.66. The highest BCUT2D eigenvalue weighted by Crippen LogP contribution is 2.44. The van der Waals surface area contributed by atoms with Gasteiger partial charge in [0.25, 0.3) is 0 Å². The predicted octanol–water partition coefficient (Wildman–Crippen LogP) is 1.88. The third-order valence-corrected chi connectivity index (χ3v) is 5.35. The lowest BCUT2D eigenvalue weighted by Crippen LogP contribution is -2.71. The van der Waals surface area contributed by atoms with E-state index in [2.05, 4.69) is 0 Å². The fraction of sp³-hybridized carbons (Fsp3) is 0.833. The molecule has 148 valence electrons. The molecule has 0 aromatic heterocycles. The van der Waals surface area contributed by atoms with Crippen LogP contribution < -0.4 is 0 Å². The number of carboxylic acid groups (broad SMARTS) is 2. The summed E-state index contributed by atoms with van der Waals surface area (Å²) in [5.41, 5.74) is -2.58. The SMILES string of the molecule is CN1CCCC(C2(C(=O)O)C(C(=O)O)CCCN2C(=O)OC(C)(C)C)C1.